The third-order valence-electron chi connectivity index (χ3n) is 5.51. The lowest BCUT2D eigenvalue weighted by Crippen LogP contribution is -2.53. The number of nitrogens with one attached hydrogen (secondary N) is 1. The molecule has 1 amide bonds. The Morgan fingerprint density at radius 3 is 2.50 bits per heavy atom. The van der Waals surface area contributed by atoms with E-state index in [2.05, 4.69) is 45.4 Å². The summed E-state index contributed by atoms with van der Waals surface area (Å²) < 4.78 is 5.37. The maximum absolute atomic E-state index is 12.8. The van der Waals surface area contributed by atoms with Crippen molar-refractivity contribution in [2.75, 3.05) is 45.2 Å². The van der Waals surface area contributed by atoms with Crippen molar-refractivity contribution in [3.8, 4) is 5.75 Å². The summed E-state index contributed by atoms with van der Waals surface area (Å²) >= 11 is 0. The van der Waals surface area contributed by atoms with Crippen LogP contribution in [0, 0.1) is 6.92 Å². The van der Waals surface area contributed by atoms with Crippen molar-refractivity contribution < 1.29 is 9.53 Å². The molecule has 2 aromatic carbocycles. The summed E-state index contributed by atoms with van der Waals surface area (Å²) in [5.74, 6) is 0.707. The number of nitrogens with zero attached hydrogens (tertiary/aromatic N) is 2. The van der Waals surface area contributed by atoms with Crippen molar-refractivity contribution in [3.05, 3.63) is 59.7 Å². The van der Waals surface area contributed by atoms with Crippen LogP contribution in [0.1, 0.15) is 18.1 Å². The van der Waals surface area contributed by atoms with Crippen molar-refractivity contribution in [2.45, 2.75) is 26.3 Å². The van der Waals surface area contributed by atoms with Crippen molar-refractivity contribution in [1.29, 1.82) is 0 Å². The van der Waals surface area contributed by atoms with Gasteiger partial charge in [0.15, 0.2) is 0 Å². The molecule has 1 N–H and O–H groups in total. The predicted molar refractivity (Wildman–Crippen MR) is 114 cm³/mol. The molecule has 0 radical (unpaired) electrons. The van der Waals surface area contributed by atoms with Gasteiger partial charge >= 0.3 is 0 Å². The molecule has 1 aliphatic heterocycles. The number of amides is 1. The summed E-state index contributed by atoms with van der Waals surface area (Å²) in [6.07, 6.45) is 1.07. The molecule has 1 fully saturated rings. The van der Waals surface area contributed by atoms with E-state index < -0.39 is 0 Å². The van der Waals surface area contributed by atoms with E-state index in [4.69, 9.17) is 4.74 Å². The fourth-order valence-electron chi connectivity index (χ4n) is 3.63. The lowest BCUT2D eigenvalue weighted by atomic mass is 10.1. The van der Waals surface area contributed by atoms with Crippen molar-refractivity contribution >= 4 is 11.6 Å². The van der Waals surface area contributed by atoms with Crippen molar-refractivity contribution in [1.82, 2.24) is 9.80 Å². The number of carbonyl (C=O) groups is 1. The Morgan fingerprint density at radius 2 is 1.82 bits per heavy atom. The van der Waals surface area contributed by atoms with E-state index in [0.717, 1.165) is 50.4 Å². The van der Waals surface area contributed by atoms with Gasteiger partial charge < -0.3 is 15.0 Å². The molecule has 5 nitrogen and oxygen atoms in total. The first-order chi connectivity index (χ1) is 13.6. The topological polar surface area (TPSA) is 44.8 Å². The Labute approximate surface area is 168 Å². The number of ether oxygens (including phenoxy) is 1. The van der Waals surface area contributed by atoms with Gasteiger partial charge in [0.25, 0.3) is 0 Å². The molecule has 0 spiro atoms. The van der Waals surface area contributed by atoms with Crippen LogP contribution in [0.3, 0.4) is 0 Å². The average Bonchev–Trinajstić information content (AvgIpc) is 2.73. The molecule has 3 rings (SSSR count). The normalized spacial score (nSPS) is 16.5. The van der Waals surface area contributed by atoms with E-state index >= 15 is 0 Å². The van der Waals surface area contributed by atoms with E-state index in [-0.39, 0.29) is 11.9 Å². The quantitative estimate of drug-likeness (QED) is 0.800. The maximum atomic E-state index is 12.8. The predicted octanol–water partition coefficient (Wildman–Crippen LogP) is 3.19. The molecular weight excluding hydrogens is 350 g/mol. The molecule has 1 atom stereocenters. The number of hydrogen-bond donors (Lipinski definition) is 1. The summed E-state index contributed by atoms with van der Waals surface area (Å²) in [7, 11) is 1.62. The molecule has 0 unspecified atom stereocenters. The molecule has 1 aliphatic rings. The molecule has 2 aromatic rings. The number of aryl methyl sites for hydroxylation is 1. The summed E-state index contributed by atoms with van der Waals surface area (Å²) in [5, 5.41) is 3.04. The fourth-order valence-corrected chi connectivity index (χ4v) is 3.63. The Bertz CT molecular complexity index is 771. The zero-order valence-corrected chi connectivity index (χ0v) is 17.1. The van der Waals surface area contributed by atoms with Crippen LogP contribution in [-0.2, 0) is 11.2 Å². The number of hydrogen-bond acceptors (Lipinski definition) is 4. The first-order valence-corrected chi connectivity index (χ1v) is 10.0. The lowest BCUT2D eigenvalue weighted by molar-refractivity contribution is -0.121. The van der Waals surface area contributed by atoms with Crippen LogP contribution >= 0.6 is 0 Å². The number of rotatable bonds is 7. The van der Waals surface area contributed by atoms with E-state index in [9.17, 15) is 4.79 Å². The number of methoxy groups -OCH3 is 1. The van der Waals surface area contributed by atoms with E-state index in [1.54, 1.807) is 7.11 Å². The van der Waals surface area contributed by atoms with Crippen LogP contribution in [0.2, 0.25) is 0 Å². The smallest absolute Gasteiger partial charge is 0.241 e. The minimum Gasteiger partial charge on any atom is -0.495 e. The van der Waals surface area contributed by atoms with E-state index in [0.29, 0.717) is 5.75 Å². The highest BCUT2D eigenvalue weighted by Gasteiger charge is 2.26. The molecule has 28 heavy (non-hydrogen) atoms. The third kappa shape index (κ3) is 5.33. The molecule has 0 saturated carbocycles. The Balaban J connectivity index is 1.48. The highest BCUT2D eigenvalue weighted by atomic mass is 16.5. The SMILES string of the molecule is COc1ccc(C)cc1NC(=O)[C@H](C)N1CCN(CCc2ccccc2)CC1. The van der Waals surface area contributed by atoms with Gasteiger partial charge in [-0.15, -0.1) is 0 Å². The second kappa shape index (κ2) is 9.71. The highest BCUT2D eigenvalue weighted by Crippen LogP contribution is 2.25. The van der Waals surface area contributed by atoms with Gasteiger partial charge in [0.05, 0.1) is 18.8 Å². The van der Waals surface area contributed by atoms with Gasteiger partial charge in [-0.25, -0.2) is 0 Å². The van der Waals surface area contributed by atoms with Gasteiger partial charge in [-0.05, 0) is 43.5 Å². The average molecular weight is 382 g/mol. The minimum absolute atomic E-state index is 0.0154. The molecular formula is C23H31N3O2. The first kappa shape index (κ1) is 20.4. The largest absolute Gasteiger partial charge is 0.495 e. The van der Waals surface area contributed by atoms with Crippen LogP contribution < -0.4 is 10.1 Å². The number of benzene rings is 2. The van der Waals surface area contributed by atoms with E-state index in [1.165, 1.54) is 5.56 Å². The molecule has 0 bridgehead atoms. The fraction of sp³-hybridized carbons (Fsp3) is 0.435. The van der Waals surface area contributed by atoms with E-state index in [1.807, 2.05) is 32.0 Å². The Morgan fingerprint density at radius 1 is 1.11 bits per heavy atom. The zero-order valence-electron chi connectivity index (χ0n) is 17.1. The van der Waals surface area contributed by atoms with Crippen LogP contribution in [0.5, 0.6) is 5.75 Å². The summed E-state index contributed by atoms with van der Waals surface area (Å²) in [6, 6.07) is 16.3. The van der Waals surface area contributed by atoms with Gasteiger partial charge in [-0.3, -0.25) is 9.69 Å². The molecule has 150 valence electrons. The van der Waals surface area contributed by atoms with Crippen LogP contribution in [0.15, 0.2) is 48.5 Å². The molecule has 0 aromatic heterocycles. The molecule has 1 heterocycles. The van der Waals surface area contributed by atoms with Crippen molar-refractivity contribution in [3.63, 3.8) is 0 Å². The highest BCUT2D eigenvalue weighted by molar-refractivity contribution is 5.96. The third-order valence-corrected chi connectivity index (χ3v) is 5.51. The number of piperazine rings is 1. The Kier molecular flexibility index (Phi) is 7.06. The Hall–Kier alpha value is -2.37. The summed E-state index contributed by atoms with van der Waals surface area (Å²) in [6.45, 7) is 8.88. The second-order valence-electron chi connectivity index (χ2n) is 7.48. The maximum Gasteiger partial charge on any atom is 0.241 e. The minimum atomic E-state index is -0.165. The number of carbonyl (C=O) groups excluding carboxylic acids is 1. The van der Waals surface area contributed by atoms with Gasteiger partial charge in [0.1, 0.15) is 5.75 Å². The number of anilines is 1. The monoisotopic (exact) mass is 381 g/mol. The first-order valence-electron chi connectivity index (χ1n) is 10.0. The van der Waals surface area contributed by atoms with Crippen molar-refractivity contribution in [2.24, 2.45) is 0 Å². The van der Waals surface area contributed by atoms with Crippen LogP contribution in [-0.4, -0.2) is 61.6 Å². The van der Waals surface area contributed by atoms with Gasteiger partial charge in [-0.2, -0.15) is 0 Å². The standard InChI is InChI=1S/C23H31N3O2/c1-18-9-10-22(28-3)21(17-18)24-23(27)19(2)26-15-13-25(14-16-26)12-11-20-7-5-4-6-8-20/h4-10,17,19H,11-16H2,1-3H3,(H,24,27)/t19-/m0/s1. The lowest BCUT2D eigenvalue weighted by Gasteiger charge is -2.37. The van der Waals surface area contributed by atoms with Gasteiger partial charge in [0.2, 0.25) is 5.91 Å². The van der Waals surface area contributed by atoms with Crippen LogP contribution in [0.25, 0.3) is 0 Å². The van der Waals surface area contributed by atoms with Crippen LogP contribution in [0.4, 0.5) is 5.69 Å². The van der Waals surface area contributed by atoms with Gasteiger partial charge in [0, 0.05) is 32.7 Å². The molecule has 1 saturated heterocycles. The zero-order chi connectivity index (χ0) is 19.9. The summed E-state index contributed by atoms with van der Waals surface area (Å²) in [4.78, 5) is 17.5. The summed E-state index contributed by atoms with van der Waals surface area (Å²) in [5.41, 5.74) is 3.21. The second-order valence-corrected chi connectivity index (χ2v) is 7.48. The van der Waals surface area contributed by atoms with Gasteiger partial charge in [-0.1, -0.05) is 36.4 Å². The molecule has 5 heteroatoms. The molecule has 0 aliphatic carbocycles.